The zero-order chi connectivity index (χ0) is 13.9. The number of nitrogens with one attached hydrogen (secondary N) is 1. The zero-order valence-corrected chi connectivity index (χ0v) is 10.6. The van der Waals surface area contributed by atoms with Gasteiger partial charge in [0.05, 0.1) is 5.56 Å². The highest BCUT2D eigenvalue weighted by Gasteiger charge is 2.17. The van der Waals surface area contributed by atoms with E-state index in [4.69, 9.17) is 5.11 Å². The summed E-state index contributed by atoms with van der Waals surface area (Å²) < 4.78 is 13.4. The Morgan fingerprint density at radius 3 is 2.39 bits per heavy atom. The molecule has 18 heavy (non-hydrogen) atoms. The Labute approximate surface area is 105 Å². The number of hydrogen-bond acceptors (Lipinski definition) is 2. The molecule has 0 aliphatic rings. The fraction of sp³-hybridized carbons (Fsp3) is 0.385. The lowest BCUT2D eigenvalue weighted by atomic mass is 9.92. The normalized spacial score (nSPS) is 11.1. The topological polar surface area (TPSA) is 66.4 Å². The van der Waals surface area contributed by atoms with Gasteiger partial charge in [-0.1, -0.05) is 20.8 Å². The first-order valence-electron chi connectivity index (χ1n) is 5.52. The second kappa shape index (κ2) is 5.16. The van der Waals surface area contributed by atoms with E-state index in [9.17, 15) is 14.0 Å². The maximum Gasteiger partial charge on any atom is 0.338 e. The highest BCUT2D eigenvalue weighted by Crippen LogP contribution is 2.20. The van der Waals surface area contributed by atoms with Crippen LogP contribution in [0.4, 0.5) is 10.1 Å². The summed E-state index contributed by atoms with van der Waals surface area (Å²) >= 11 is 0. The van der Waals surface area contributed by atoms with Crippen LogP contribution in [0.25, 0.3) is 0 Å². The monoisotopic (exact) mass is 253 g/mol. The number of carboxylic acid groups (broad SMARTS) is 1. The molecule has 0 aliphatic carbocycles. The molecule has 0 aliphatic heterocycles. The van der Waals surface area contributed by atoms with Crippen molar-refractivity contribution in [2.45, 2.75) is 27.2 Å². The Bertz CT molecular complexity index is 478. The van der Waals surface area contributed by atoms with Crippen molar-refractivity contribution in [1.29, 1.82) is 0 Å². The van der Waals surface area contributed by atoms with Gasteiger partial charge in [-0.05, 0) is 23.6 Å². The van der Waals surface area contributed by atoms with Crippen molar-refractivity contribution >= 4 is 17.6 Å². The average Bonchev–Trinajstić information content (AvgIpc) is 2.13. The van der Waals surface area contributed by atoms with Gasteiger partial charge >= 0.3 is 5.97 Å². The van der Waals surface area contributed by atoms with E-state index in [1.807, 2.05) is 20.8 Å². The third kappa shape index (κ3) is 4.16. The molecule has 1 aromatic rings. The summed E-state index contributed by atoms with van der Waals surface area (Å²) in [6.07, 6.45) is 0.301. The summed E-state index contributed by atoms with van der Waals surface area (Å²) in [6, 6.07) is 3.50. The molecule has 0 unspecified atom stereocenters. The number of benzene rings is 1. The van der Waals surface area contributed by atoms with E-state index in [0.717, 1.165) is 12.1 Å². The Kier molecular flexibility index (Phi) is 4.06. The van der Waals surface area contributed by atoms with Crippen LogP contribution in [0.15, 0.2) is 18.2 Å². The lowest BCUT2D eigenvalue weighted by Gasteiger charge is -2.17. The van der Waals surface area contributed by atoms with Gasteiger partial charge in [0.25, 0.3) is 0 Å². The minimum atomic E-state index is -1.33. The van der Waals surface area contributed by atoms with Gasteiger partial charge in [-0.25, -0.2) is 9.18 Å². The molecule has 2 N–H and O–H groups in total. The van der Waals surface area contributed by atoms with Crippen LogP contribution in [-0.2, 0) is 4.79 Å². The van der Waals surface area contributed by atoms with E-state index in [0.29, 0.717) is 6.42 Å². The number of hydrogen-bond donors (Lipinski definition) is 2. The molecule has 0 bridgehead atoms. The molecule has 0 aromatic heterocycles. The van der Waals surface area contributed by atoms with Crippen LogP contribution in [0.1, 0.15) is 37.6 Å². The molecule has 0 saturated carbocycles. The second-order valence-corrected chi connectivity index (χ2v) is 5.29. The molecule has 1 amide bonds. The Balaban J connectivity index is 2.78. The maximum absolute atomic E-state index is 13.4. The van der Waals surface area contributed by atoms with Crippen molar-refractivity contribution in [3.8, 4) is 0 Å². The van der Waals surface area contributed by atoms with Crippen LogP contribution in [0.5, 0.6) is 0 Å². The molecule has 4 nitrogen and oxygen atoms in total. The molecule has 0 atom stereocenters. The average molecular weight is 253 g/mol. The van der Waals surface area contributed by atoms with Gasteiger partial charge in [0.15, 0.2) is 0 Å². The van der Waals surface area contributed by atoms with Gasteiger partial charge in [0.1, 0.15) is 5.82 Å². The highest BCUT2D eigenvalue weighted by atomic mass is 19.1. The van der Waals surface area contributed by atoms with E-state index in [-0.39, 0.29) is 17.0 Å². The van der Waals surface area contributed by atoms with Crippen molar-refractivity contribution in [3.63, 3.8) is 0 Å². The van der Waals surface area contributed by atoms with Gasteiger partial charge in [-0.3, -0.25) is 4.79 Å². The summed E-state index contributed by atoms with van der Waals surface area (Å²) in [5.74, 6) is -2.43. The van der Waals surface area contributed by atoms with Gasteiger partial charge in [0, 0.05) is 12.1 Å². The molecule has 0 heterocycles. The first-order chi connectivity index (χ1) is 8.19. The summed E-state index contributed by atoms with van der Waals surface area (Å²) in [5, 5.41) is 11.2. The third-order valence-electron chi connectivity index (χ3n) is 2.17. The first kappa shape index (κ1) is 14.2. The van der Waals surface area contributed by atoms with Gasteiger partial charge in [-0.15, -0.1) is 0 Å². The van der Waals surface area contributed by atoms with E-state index < -0.39 is 17.3 Å². The number of amides is 1. The van der Waals surface area contributed by atoms with Gasteiger partial charge < -0.3 is 10.4 Å². The van der Waals surface area contributed by atoms with Crippen molar-refractivity contribution < 1.29 is 19.1 Å². The molecule has 0 radical (unpaired) electrons. The largest absolute Gasteiger partial charge is 0.478 e. The first-order valence-corrected chi connectivity index (χ1v) is 5.52. The Morgan fingerprint density at radius 1 is 1.33 bits per heavy atom. The number of halogens is 1. The Morgan fingerprint density at radius 2 is 1.94 bits per heavy atom. The zero-order valence-electron chi connectivity index (χ0n) is 10.6. The lowest BCUT2D eigenvalue weighted by Crippen LogP contribution is -2.19. The van der Waals surface area contributed by atoms with E-state index in [2.05, 4.69) is 5.32 Å². The molecule has 0 spiro atoms. The van der Waals surface area contributed by atoms with Crippen LogP contribution in [0, 0.1) is 11.2 Å². The van der Waals surface area contributed by atoms with Crippen LogP contribution in [0.2, 0.25) is 0 Å². The summed E-state index contributed by atoms with van der Waals surface area (Å²) in [4.78, 5) is 22.2. The number of carbonyl (C=O) groups excluding carboxylic acids is 1. The molecule has 0 fully saturated rings. The fourth-order valence-electron chi connectivity index (χ4n) is 1.45. The molecule has 1 aromatic carbocycles. The standard InChI is InChI=1S/C13H16FNO3/c1-13(2,3)7-11(16)15-8-4-5-9(12(17)18)10(14)6-8/h4-6H,7H2,1-3H3,(H,15,16)(H,17,18). The number of anilines is 1. The van der Waals surface area contributed by atoms with Gasteiger partial charge in [-0.2, -0.15) is 0 Å². The fourth-order valence-corrected chi connectivity index (χ4v) is 1.45. The van der Waals surface area contributed by atoms with Crippen molar-refractivity contribution in [2.24, 2.45) is 5.41 Å². The van der Waals surface area contributed by atoms with Crippen molar-refractivity contribution in [3.05, 3.63) is 29.6 Å². The van der Waals surface area contributed by atoms with Gasteiger partial charge in [0.2, 0.25) is 5.91 Å². The molecule has 1 rings (SSSR count). The minimum Gasteiger partial charge on any atom is -0.478 e. The quantitative estimate of drug-likeness (QED) is 0.870. The maximum atomic E-state index is 13.4. The molecule has 98 valence electrons. The second-order valence-electron chi connectivity index (χ2n) is 5.29. The number of carboxylic acids is 1. The van der Waals surface area contributed by atoms with Crippen LogP contribution >= 0.6 is 0 Å². The Hall–Kier alpha value is -1.91. The summed E-state index contributed by atoms with van der Waals surface area (Å²) in [6.45, 7) is 5.75. The lowest BCUT2D eigenvalue weighted by molar-refractivity contribution is -0.117. The van der Waals surface area contributed by atoms with Crippen molar-refractivity contribution in [2.75, 3.05) is 5.32 Å². The molecular formula is C13H16FNO3. The van der Waals surface area contributed by atoms with E-state index in [1.165, 1.54) is 6.07 Å². The van der Waals surface area contributed by atoms with Crippen LogP contribution in [0.3, 0.4) is 0 Å². The number of rotatable bonds is 3. The predicted molar refractivity (Wildman–Crippen MR) is 66.1 cm³/mol. The van der Waals surface area contributed by atoms with E-state index in [1.54, 1.807) is 0 Å². The van der Waals surface area contributed by atoms with Crippen LogP contribution < -0.4 is 5.32 Å². The summed E-state index contributed by atoms with van der Waals surface area (Å²) in [5.41, 5.74) is -0.320. The number of carbonyl (C=O) groups is 2. The molecule has 0 saturated heterocycles. The minimum absolute atomic E-state index is 0.163. The predicted octanol–water partition coefficient (Wildman–Crippen LogP) is 2.90. The third-order valence-corrected chi connectivity index (χ3v) is 2.17. The number of aromatic carboxylic acids is 1. The van der Waals surface area contributed by atoms with E-state index >= 15 is 0 Å². The summed E-state index contributed by atoms with van der Waals surface area (Å²) in [7, 11) is 0. The SMILES string of the molecule is CC(C)(C)CC(=O)Nc1ccc(C(=O)O)c(F)c1. The molecular weight excluding hydrogens is 237 g/mol. The molecule has 5 heteroatoms. The highest BCUT2D eigenvalue weighted by molar-refractivity contribution is 5.92. The van der Waals surface area contributed by atoms with Crippen LogP contribution in [-0.4, -0.2) is 17.0 Å². The van der Waals surface area contributed by atoms with Crippen molar-refractivity contribution in [1.82, 2.24) is 0 Å². The smallest absolute Gasteiger partial charge is 0.338 e.